The third-order valence-electron chi connectivity index (χ3n) is 2.82. The van der Waals surface area contributed by atoms with Gasteiger partial charge in [-0.25, -0.2) is 0 Å². The Morgan fingerprint density at radius 2 is 1.95 bits per heavy atom. The minimum Gasteiger partial charge on any atom is -0.399 e. The number of carbonyl (C=O) groups excluding carboxylic acids is 1. The molecule has 3 nitrogen and oxygen atoms in total. The zero-order valence-electron chi connectivity index (χ0n) is 10.6. The Morgan fingerprint density at radius 3 is 2.63 bits per heavy atom. The Hall–Kier alpha value is -1.81. The first kappa shape index (κ1) is 13.6. The second kappa shape index (κ2) is 5.89. The van der Waals surface area contributed by atoms with E-state index in [4.69, 9.17) is 5.73 Å². The van der Waals surface area contributed by atoms with Crippen molar-refractivity contribution in [1.29, 1.82) is 0 Å². The van der Waals surface area contributed by atoms with E-state index in [0.29, 0.717) is 17.8 Å². The van der Waals surface area contributed by atoms with Crippen molar-refractivity contribution in [3.8, 4) is 0 Å². The molecule has 0 heterocycles. The summed E-state index contributed by atoms with van der Waals surface area (Å²) in [5.74, 6) is -0.0186. The lowest BCUT2D eigenvalue weighted by molar-refractivity contribution is 0.0784. The lowest BCUT2D eigenvalue weighted by atomic mass is 10.1. The number of hydrogen-bond acceptors (Lipinski definition) is 2. The summed E-state index contributed by atoms with van der Waals surface area (Å²) in [6.45, 7) is 0.533. The maximum Gasteiger partial charge on any atom is 0.255 e. The summed E-state index contributed by atoms with van der Waals surface area (Å²) in [4.78, 5) is 14.0. The Morgan fingerprint density at radius 1 is 1.21 bits per heavy atom. The van der Waals surface area contributed by atoms with Gasteiger partial charge in [0.15, 0.2) is 0 Å². The molecular weight excluding hydrogens is 304 g/mol. The van der Waals surface area contributed by atoms with Crippen LogP contribution in [-0.2, 0) is 6.54 Å². The van der Waals surface area contributed by atoms with Gasteiger partial charge in [0.25, 0.3) is 5.91 Å². The van der Waals surface area contributed by atoms with E-state index in [-0.39, 0.29) is 5.91 Å². The topological polar surface area (TPSA) is 46.3 Å². The van der Waals surface area contributed by atoms with E-state index in [9.17, 15) is 4.79 Å². The molecule has 2 aromatic rings. The summed E-state index contributed by atoms with van der Waals surface area (Å²) in [5, 5.41) is 0. The van der Waals surface area contributed by atoms with Crippen molar-refractivity contribution in [2.24, 2.45) is 0 Å². The first-order valence-electron chi connectivity index (χ1n) is 5.92. The normalized spacial score (nSPS) is 10.2. The summed E-state index contributed by atoms with van der Waals surface area (Å²) >= 11 is 3.39. The number of nitrogens with zero attached hydrogens (tertiary/aromatic N) is 1. The molecule has 0 aliphatic rings. The van der Waals surface area contributed by atoms with Gasteiger partial charge in [-0.3, -0.25) is 4.79 Å². The highest BCUT2D eigenvalue weighted by Gasteiger charge is 2.14. The van der Waals surface area contributed by atoms with E-state index in [1.54, 1.807) is 11.9 Å². The van der Waals surface area contributed by atoms with Crippen LogP contribution >= 0.6 is 15.9 Å². The summed E-state index contributed by atoms with van der Waals surface area (Å²) in [6.07, 6.45) is 0. The molecule has 0 aromatic heterocycles. The third kappa shape index (κ3) is 3.35. The van der Waals surface area contributed by atoms with Gasteiger partial charge in [0.1, 0.15) is 0 Å². The number of rotatable bonds is 3. The minimum absolute atomic E-state index is 0.0186. The number of halogens is 1. The van der Waals surface area contributed by atoms with Gasteiger partial charge in [0, 0.05) is 23.8 Å². The van der Waals surface area contributed by atoms with E-state index in [1.165, 1.54) is 0 Å². The van der Waals surface area contributed by atoms with E-state index in [1.807, 2.05) is 48.5 Å². The Balaban J connectivity index is 2.14. The number of amides is 1. The maximum atomic E-state index is 12.3. The monoisotopic (exact) mass is 318 g/mol. The predicted molar refractivity (Wildman–Crippen MR) is 80.8 cm³/mol. The smallest absolute Gasteiger partial charge is 0.255 e. The standard InChI is InChI=1S/C15H15BrN2O/c1-18(10-11-5-4-6-12(17)9-11)15(19)13-7-2-3-8-14(13)16/h2-9H,10,17H2,1H3. The van der Waals surface area contributed by atoms with Crippen LogP contribution in [0, 0.1) is 0 Å². The Kier molecular flexibility index (Phi) is 4.22. The third-order valence-corrected chi connectivity index (χ3v) is 3.51. The van der Waals surface area contributed by atoms with Crippen LogP contribution in [0.15, 0.2) is 53.0 Å². The summed E-state index contributed by atoms with van der Waals surface area (Å²) in [5.41, 5.74) is 8.12. The lowest BCUT2D eigenvalue weighted by Crippen LogP contribution is -2.26. The molecule has 0 saturated heterocycles. The molecular formula is C15H15BrN2O. The molecule has 0 atom stereocenters. The van der Waals surface area contributed by atoms with Crippen molar-refractivity contribution in [2.75, 3.05) is 12.8 Å². The molecule has 1 amide bonds. The maximum absolute atomic E-state index is 12.3. The molecule has 0 unspecified atom stereocenters. The minimum atomic E-state index is -0.0186. The van der Waals surface area contributed by atoms with Crippen LogP contribution in [0.25, 0.3) is 0 Å². The van der Waals surface area contributed by atoms with Gasteiger partial charge in [-0.15, -0.1) is 0 Å². The van der Waals surface area contributed by atoms with Crippen molar-refractivity contribution in [3.05, 3.63) is 64.1 Å². The fourth-order valence-electron chi connectivity index (χ4n) is 1.88. The highest BCUT2D eigenvalue weighted by atomic mass is 79.9. The van der Waals surface area contributed by atoms with E-state index >= 15 is 0 Å². The molecule has 0 fully saturated rings. The van der Waals surface area contributed by atoms with Crippen LogP contribution in [0.2, 0.25) is 0 Å². The summed E-state index contributed by atoms with van der Waals surface area (Å²) in [6, 6.07) is 15.0. The van der Waals surface area contributed by atoms with E-state index in [0.717, 1.165) is 10.0 Å². The quantitative estimate of drug-likeness (QED) is 0.882. The molecule has 2 N–H and O–H groups in total. The first-order chi connectivity index (χ1) is 9.08. The highest BCUT2D eigenvalue weighted by molar-refractivity contribution is 9.10. The highest BCUT2D eigenvalue weighted by Crippen LogP contribution is 2.18. The van der Waals surface area contributed by atoms with Crippen LogP contribution in [0.3, 0.4) is 0 Å². The van der Waals surface area contributed by atoms with E-state index < -0.39 is 0 Å². The van der Waals surface area contributed by atoms with Crippen LogP contribution < -0.4 is 5.73 Å². The largest absolute Gasteiger partial charge is 0.399 e. The van der Waals surface area contributed by atoms with Gasteiger partial charge in [0.2, 0.25) is 0 Å². The second-order valence-electron chi connectivity index (χ2n) is 4.39. The molecule has 0 aliphatic carbocycles. The fourth-order valence-corrected chi connectivity index (χ4v) is 2.33. The zero-order valence-corrected chi connectivity index (χ0v) is 12.2. The molecule has 98 valence electrons. The van der Waals surface area contributed by atoms with Crippen LogP contribution in [-0.4, -0.2) is 17.9 Å². The molecule has 2 rings (SSSR count). The van der Waals surface area contributed by atoms with Crippen molar-refractivity contribution in [1.82, 2.24) is 4.90 Å². The van der Waals surface area contributed by atoms with Gasteiger partial charge >= 0.3 is 0 Å². The number of nitrogens with two attached hydrogens (primary N) is 1. The molecule has 0 aliphatic heterocycles. The van der Waals surface area contributed by atoms with Crippen molar-refractivity contribution in [2.45, 2.75) is 6.54 Å². The zero-order chi connectivity index (χ0) is 13.8. The SMILES string of the molecule is CN(Cc1cccc(N)c1)C(=O)c1ccccc1Br. The van der Waals surface area contributed by atoms with Gasteiger partial charge in [-0.1, -0.05) is 24.3 Å². The average molecular weight is 319 g/mol. The van der Waals surface area contributed by atoms with Crippen LogP contribution in [0.4, 0.5) is 5.69 Å². The predicted octanol–water partition coefficient (Wildman–Crippen LogP) is 3.30. The second-order valence-corrected chi connectivity index (χ2v) is 5.24. The van der Waals surface area contributed by atoms with Crippen molar-refractivity contribution < 1.29 is 4.79 Å². The summed E-state index contributed by atoms with van der Waals surface area (Å²) < 4.78 is 0.805. The van der Waals surface area contributed by atoms with Gasteiger partial charge in [-0.05, 0) is 45.8 Å². The molecule has 0 bridgehead atoms. The Bertz CT molecular complexity index is 598. The molecule has 0 spiro atoms. The van der Waals surface area contributed by atoms with Gasteiger partial charge in [0.05, 0.1) is 5.56 Å². The van der Waals surface area contributed by atoms with Gasteiger partial charge in [-0.2, -0.15) is 0 Å². The van der Waals surface area contributed by atoms with Crippen LogP contribution in [0.1, 0.15) is 15.9 Å². The van der Waals surface area contributed by atoms with Gasteiger partial charge < -0.3 is 10.6 Å². The van der Waals surface area contributed by atoms with Crippen LogP contribution in [0.5, 0.6) is 0 Å². The molecule has 4 heteroatoms. The van der Waals surface area contributed by atoms with E-state index in [2.05, 4.69) is 15.9 Å². The van der Waals surface area contributed by atoms with Crippen molar-refractivity contribution in [3.63, 3.8) is 0 Å². The van der Waals surface area contributed by atoms with Crippen molar-refractivity contribution >= 4 is 27.5 Å². The number of nitrogen functional groups attached to an aromatic ring is 1. The lowest BCUT2D eigenvalue weighted by Gasteiger charge is -2.18. The molecule has 0 radical (unpaired) electrons. The fraction of sp³-hybridized carbons (Fsp3) is 0.133. The number of carbonyl (C=O) groups is 1. The molecule has 0 saturated carbocycles. The number of benzene rings is 2. The average Bonchev–Trinajstić information content (AvgIpc) is 2.38. The molecule has 2 aromatic carbocycles. The number of hydrogen-bond donors (Lipinski definition) is 1. The Labute approximate surface area is 121 Å². The number of anilines is 1. The first-order valence-corrected chi connectivity index (χ1v) is 6.71. The summed E-state index contributed by atoms with van der Waals surface area (Å²) in [7, 11) is 1.78. The molecule has 19 heavy (non-hydrogen) atoms.